The van der Waals surface area contributed by atoms with Crippen LogP contribution in [0, 0.1) is 0 Å². The minimum Gasteiger partial charge on any atom is -0.360 e. The normalized spacial score (nSPS) is 21.4. The first-order valence-electron chi connectivity index (χ1n) is 9.34. The Labute approximate surface area is 179 Å². The highest BCUT2D eigenvalue weighted by Gasteiger charge is 2.22. The predicted octanol–water partition coefficient (Wildman–Crippen LogP) is 1.70. The average Bonchev–Trinajstić information content (AvgIpc) is 3.18. The topological polar surface area (TPSA) is 37.4 Å². The number of guanidine groups is 1. The molecule has 6 nitrogen and oxygen atoms in total. The van der Waals surface area contributed by atoms with E-state index in [0.717, 1.165) is 51.8 Å². The van der Waals surface area contributed by atoms with Gasteiger partial charge in [0.15, 0.2) is 5.96 Å². The molecule has 0 aliphatic carbocycles. The van der Waals surface area contributed by atoms with E-state index in [-0.39, 0.29) is 24.0 Å². The summed E-state index contributed by atoms with van der Waals surface area (Å²) in [6.45, 7) is 12.1. The average molecular weight is 492 g/mol. The summed E-state index contributed by atoms with van der Waals surface area (Å²) in [7, 11) is 4.10. The third kappa shape index (κ3) is 5.71. The molecule has 0 spiro atoms. The van der Waals surface area contributed by atoms with Crippen LogP contribution < -0.4 is 10.2 Å². The van der Waals surface area contributed by atoms with Gasteiger partial charge in [-0.05, 0) is 31.5 Å². The molecule has 0 bridgehead atoms. The molecule has 1 atom stereocenters. The van der Waals surface area contributed by atoms with Crippen LogP contribution in [-0.4, -0.2) is 99.7 Å². The Balaban J connectivity index is 0.00000243. The van der Waals surface area contributed by atoms with Crippen LogP contribution in [0.15, 0.2) is 22.5 Å². The monoisotopic (exact) mass is 492 g/mol. The second-order valence-electron chi connectivity index (χ2n) is 7.04. The second kappa shape index (κ2) is 10.7. The number of anilines is 1. The SMILES string of the molecule is CN=C(NCC(C)N1CCN(C)CC1)N1CCN(c2cccs2)CC1.I. The third-order valence-corrected chi connectivity index (χ3v) is 6.25. The number of hydrogen-bond donors (Lipinski definition) is 1. The molecular weight excluding hydrogens is 459 g/mol. The lowest BCUT2D eigenvalue weighted by Gasteiger charge is -2.39. The van der Waals surface area contributed by atoms with Gasteiger partial charge in [-0.15, -0.1) is 35.3 Å². The van der Waals surface area contributed by atoms with Gasteiger partial charge in [-0.1, -0.05) is 0 Å². The molecule has 1 unspecified atom stereocenters. The van der Waals surface area contributed by atoms with Crippen molar-refractivity contribution in [3.63, 3.8) is 0 Å². The lowest BCUT2D eigenvalue weighted by Crippen LogP contribution is -2.55. The van der Waals surface area contributed by atoms with E-state index in [4.69, 9.17) is 0 Å². The highest BCUT2D eigenvalue weighted by Crippen LogP contribution is 2.22. The molecule has 0 saturated carbocycles. The smallest absolute Gasteiger partial charge is 0.193 e. The third-order valence-electron chi connectivity index (χ3n) is 5.33. The van der Waals surface area contributed by atoms with Crippen LogP contribution in [0.3, 0.4) is 0 Å². The summed E-state index contributed by atoms with van der Waals surface area (Å²) < 4.78 is 0. The van der Waals surface area contributed by atoms with Crippen LogP contribution in [0.4, 0.5) is 5.00 Å². The fraction of sp³-hybridized carbons (Fsp3) is 0.722. The van der Waals surface area contributed by atoms with Gasteiger partial charge in [0.25, 0.3) is 0 Å². The van der Waals surface area contributed by atoms with Crippen LogP contribution in [0.5, 0.6) is 0 Å². The molecule has 148 valence electrons. The Bertz CT molecular complexity index is 536. The number of halogens is 1. The molecule has 2 fully saturated rings. The number of nitrogens with one attached hydrogen (secondary N) is 1. The molecule has 2 aliphatic heterocycles. The molecule has 8 heteroatoms. The van der Waals surface area contributed by atoms with E-state index >= 15 is 0 Å². The molecule has 2 aliphatic rings. The van der Waals surface area contributed by atoms with Crippen molar-refractivity contribution >= 4 is 46.3 Å². The maximum absolute atomic E-state index is 4.52. The van der Waals surface area contributed by atoms with E-state index in [9.17, 15) is 0 Å². The van der Waals surface area contributed by atoms with Gasteiger partial charge >= 0.3 is 0 Å². The molecule has 0 amide bonds. The minimum atomic E-state index is 0. The summed E-state index contributed by atoms with van der Waals surface area (Å²) in [5, 5.41) is 7.14. The van der Waals surface area contributed by atoms with Crippen molar-refractivity contribution in [2.75, 3.05) is 77.9 Å². The van der Waals surface area contributed by atoms with E-state index < -0.39 is 0 Å². The predicted molar refractivity (Wildman–Crippen MR) is 123 cm³/mol. The van der Waals surface area contributed by atoms with Gasteiger partial charge in [-0.3, -0.25) is 9.89 Å². The van der Waals surface area contributed by atoms with Crippen LogP contribution in [0.2, 0.25) is 0 Å². The first-order chi connectivity index (χ1) is 12.2. The highest BCUT2D eigenvalue weighted by molar-refractivity contribution is 14.0. The number of aliphatic imine (C=N–C) groups is 1. The molecule has 3 heterocycles. The van der Waals surface area contributed by atoms with Crippen LogP contribution in [0.25, 0.3) is 0 Å². The molecule has 2 saturated heterocycles. The molecule has 1 aromatic heterocycles. The van der Waals surface area contributed by atoms with Gasteiger partial charge in [0, 0.05) is 72.0 Å². The highest BCUT2D eigenvalue weighted by atomic mass is 127. The zero-order chi connectivity index (χ0) is 17.6. The van der Waals surface area contributed by atoms with Gasteiger partial charge in [-0.25, -0.2) is 0 Å². The van der Waals surface area contributed by atoms with Crippen LogP contribution in [0.1, 0.15) is 6.92 Å². The first-order valence-corrected chi connectivity index (χ1v) is 10.2. The number of hydrogen-bond acceptors (Lipinski definition) is 5. The number of rotatable bonds is 4. The number of nitrogens with zero attached hydrogens (tertiary/aromatic N) is 5. The van der Waals surface area contributed by atoms with Gasteiger partial charge < -0.3 is 20.0 Å². The Kier molecular flexibility index (Phi) is 8.92. The van der Waals surface area contributed by atoms with Gasteiger partial charge in [0.05, 0.1) is 5.00 Å². The summed E-state index contributed by atoms with van der Waals surface area (Å²) in [6.07, 6.45) is 0. The standard InChI is InChI=1S/C18H32N6S.HI/c1-16(22-8-6-21(3)7-9-22)15-20-18(19-2)24-12-10-23(11-13-24)17-5-4-14-25-17;/h4-5,14,16H,6-13,15H2,1-3H3,(H,19,20);1H. The lowest BCUT2D eigenvalue weighted by molar-refractivity contribution is 0.119. The van der Waals surface area contributed by atoms with E-state index in [1.54, 1.807) is 0 Å². The summed E-state index contributed by atoms with van der Waals surface area (Å²) in [4.78, 5) is 14.4. The van der Waals surface area contributed by atoms with Gasteiger partial charge in [0.2, 0.25) is 0 Å². The summed E-state index contributed by atoms with van der Waals surface area (Å²) in [6, 6.07) is 4.88. The number of likely N-dealkylation sites (N-methyl/N-ethyl adjacent to an activating group) is 1. The quantitative estimate of drug-likeness (QED) is 0.394. The summed E-state index contributed by atoms with van der Waals surface area (Å²) in [5.41, 5.74) is 0. The van der Waals surface area contributed by atoms with Crippen molar-refractivity contribution in [1.29, 1.82) is 0 Å². The van der Waals surface area contributed by atoms with E-state index in [0.29, 0.717) is 6.04 Å². The van der Waals surface area contributed by atoms with Crippen LogP contribution >= 0.6 is 35.3 Å². The maximum Gasteiger partial charge on any atom is 0.193 e. The van der Waals surface area contributed by atoms with Crippen molar-refractivity contribution in [3.05, 3.63) is 17.5 Å². The van der Waals surface area contributed by atoms with E-state index in [1.165, 1.54) is 18.1 Å². The molecule has 0 radical (unpaired) electrons. The molecule has 1 aromatic rings. The number of piperazine rings is 2. The van der Waals surface area contributed by atoms with Gasteiger partial charge in [0.1, 0.15) is 0 Å². The Morgan fingerprint density at radius 1 is 1.15 bits per heavy atom. The number of thiophene rings is 1. The van der Waals surface area contributed by atoms with Crippen molar-refractivity contribution in [1.82, 2.24) is 20.0 Å². The lowest BCUT2D eigenvalue weighted by atomic mass is 10.2. The second-order valence-corrected chi connectivity index (χ2v) is 7.97. The summed E-state index contributed by atoms with van der Waals surface area (Å²) in [5.74, 6) is 1.05. The van der Waals surface area contributed by atoms with Crippen molar-refractivity contribution < 1.29 is 0 Å². The van der Waals surface area contributed by atoms with E-state index in [1.807, 2.05) is 18.4 Å². The van der Waals surface area contributed by atoms with E-state index in [2.05, 4.69) is 61.4 Å². The summed E-state index contributed by atoms with van der Waals surface area (Å²) >= 11 is 1.83. The molecular formula is C18H33IN6S. The fourth-order valence-corrected chi connectivity index (χ4v) is 4.34. The minimum absolute atomic E-state index is 0. The van der Waals surface area contributed by atoms with Gasteiger partial charge in [-0.2, -0.15) is 0 Å². The zero-order valence-corrected chi connectivity index (χ0v) is 19.4. The molecule has 3 rings (SSSR count). The molecule has 26 heavy (non-hydrogen) atoms. The Morgan fingerprint density at radius 2 is 1.85 bits per heavy atom. The van der Waals surface area contributed by atoms with Crippen molar-refractivity contribution in [2.45, 2.75) is 13.0 Å². The fourth-order valence-electron chi connectivity index (χ4n) is 3.55. The largest absolute Gasteiger partial charge is 0.360 e. The molecule has 1 N–H and O–H groups in total. The van der Waals surface area contributed by atoms with Crippen molar-refractivity contribution in [3.8, 4) is 0 Å². The maximum atomic E-state index is 4.52. The van der Waals surface area contributed by atoms with Crippen molar-refractivity contribution in [2.24, 2.45) is 4.99 Å². The zero-order valence-electron chi connectivity index (χ0n) is 16.2. The molecule has 0 aromatic carbocycles. The first kappa shape index (κ1) is 21.7. The van der Waals surface area contributed by atoms with Crippen LogP contribution in [-0.2, 0) is 0 Å². The Hall–Kier alpha value is -0.580. The Morgan fingerprint density at radius 3 is 2.42 bits per heavy atom.